The molecular formula is C22H20FN3O3. The van der Waals surface area contributed by atoms with Gasteiger partial charge in [-0.3, -0.25) is 14.6 Å². The molecule has 2 amide bonds. The van der Waals surface area contributed by atoms with Crippen LogP contribution in [0.4, 0.5) is 10.1 Å². The van der Waals surface area contributed by atoms with Gasteiger partial charge in [0.25, 0.3) is 11.8 Å². The second-order valence-electron chi connectivity index (χ2n) is 6.25. The lowest BCUT2D eigenvalue weighted by atomic mass is 10.1. The van der Waals surface area contributed by atoms with Crippen LogP contribution in [0, 0.1) is 5.82 Å². The first-order valence-corrected chi connectivity index (χ1v) is 8.99. The maximum atomic E-state index is 13.2. The predicted octanol–water partition coefficient (Wildman–Crippen LogP) is 3.45. The molecule has 2 N–H and O–H groups in total. The van der Waals surface area contributed by atoms with Gasteiger partial charge in [0.05, 0.1) is 7.11 Å². The molecule has 0 radical (unpaired) electrons. The number of hydrogen-bond donors (Lipinski definition) is 2. The first kappa shape index (κ1) is 20.0. The van der Waals surface area contributed by atoms with Crippen molar-refractivity contribution in [1.82, 2.24) is 10.3 Å². The summed E-state index contributed by atoms with van der Waals surface area (Å²) in [7, 11) is 1.61. The van der Waals surface area contributed by atoms with Crippen molar-refractivity contribution in [3.05, 3.63) is 89.5 Å². The van der Waals surface area contributed by atoms with Gasteiger partial charge in [0.2, 0.25) is 0 Å². The van der Waals surface area contributed by atoms with Gasteiger partial charge in [0, 0.05) is 24.0 Å². The number of rotatable bonds is 7. The minimum atomic E-state index is -0.453. The summed E-state index contributed by atoms with van der Waals surface area (Å²) < 4.78 is 18.4. The quantitative estimate of drug-likeness (QED) is 0.644. The van der Waals surface area contributed by atoms with Crippen LogP contribution in [0.15, 0.2) is 66.9 Å². The van der Waals surface area contributed by atoms with E-state index < -0.39 is 11.7 Å². The Kier molecular flexibility index (Phi) is 6.52. The van der Waals surface area contributed by atoms with Crippen LogP contribution in [-0.2, 0) is 6.42 Å². The highest BCUT2D eigenvalue weighted by atomic mass is 19.1. The fourth-order valence-corrected chi connectivity index (χ4v) is 2.67. The molecule has 0 aliphatic rings. The largest absolute Gasteiger partial charge is 0.497 e. The molecule has 0 saturated carbocycles. The van der Waals surface area contributed by atoms with Crippen LogP contribution in [0.1, 0.15) is 26.4 Å². The van der Waals surface area contributed by atoms with Gasteiger partial charge in [0.1, 0.15) is 17.3 Å². The van der Waals surface area contributed by atoms with E-state index in [0.29, 0.717) is 18.7 Å². The summed E-state index contributed by atoms with van der Waals surface area (Å²) in [4.78, 5) is 28.7. The van der Waals surface area contributed by atoms with Crippen LogP contribution in [0.3, 0.4) is 0 Å². The third-order valence-corrected chi connectivity index (χ3v) is 4.20. The van der Waals surface area contributed by atoms with E-state index in [1.807, 2.05) is 24.3 Å². The highest BCUT2D eigenvalue weighted by Gasteiger charge is 2.12. The van der Waals surface area contributed by atoms with Crippen molar-refractivity contribution in [3.63, 3.8) is 0 Å². The molecule has 0 atom stereocenters. The minimum absolute atomic E-state index is 0.131. The Bertz CT molecular complexity index is 1010. The van der Waals surface area contributed by atoms with E-state index in [-0.39, 0.29) is 17.2 Å². The molecule has 1 aromatic heterocycles. The monoisotopic (exact) mass is 393 g/mol. The van der Waals surface area contributed by atoms with Gasteiger partial charge in [-0.2, -0.15) is 0 Å². The summed E-state index contributed by atoms with van der Waals surface area (Å²) in [6.45, 7) is 0.423. The van der Waals surface area contributed by atoms with E-state index in [0.717, 1.165) is 11.3 Å². The van der Waals surface area contributed by atoms with Gasteiger partial charge in [-0.1, -0.05) is 18.2 Å². The van der Waals surface area contributed by atoms with Crippen molar-refractivity contribution >= 4 is 17.5 Å². The number of carbonyl (C=O) groups is 2. The van der Waals surface area contributed by atoms with Gasteiger partial charge in [-0.25, -0.2) is 4.39 Å². The van der Waals surface area contributed by atoms with Crippen molar-refractivity contribution in [1.29, 1.82) is 0 Å². The third-order valence-electron chi connectivity index (χ3n) is 4.20. The van der Waals surface area contributed by atoms with E-state index >= 15 is 0 Å². The first-order chi connectivity index (χ1) is 14.0. The molecule has 3 aromatic rings. The molecule has 0 unspecified atom stereocenters. The Morgan fingerprint density at radius 3 is 2.55 bits per heavy atom. The Labute approximate surface area is 167 Å². The van der Waals surface area contributed by atoms with Crippen LogP contribution >= 0.6 is 0 Å². The van der Waals surface area contributed by atoms with Crippen LogP contribution < -0.4 is 15.4 Å². The lowest BCUT2D eigenvalue weighted by molar-refractivity contribution is 0.0949. The lowest BCUT2D eigenvalue weighted by Gasteiger charge is -2.08. The normalized spacial score (nSPS) is 10.3. The highest BCUT2D eigenvalue weighted by molar-refractivity contribution is 6.05. The van der Waals surface area contributed by atoms with Crippen molar-refractivity contribution in [2.45, 2.75) is 6.42 Å². The molecule has 7 heteroatoms. The number of hydrogen-bond acceptors (Lipinski definition) is 4. The lowest BCUT2D eigenvalue weighted by Crippen LogP contribution is -2.27. The zero-order valence-electron chi connectivity index (χ0n) is 15.8. The molecular weight excluding hydrogens is 373 g/mol. The Hall–Kier alpha value is -3.74. The standard InChI is InChI=1S/C22H20FN3O3/c1-29-19-7-5-15(6-8-19)9-11-25-22(28)20-13-16(10-12-24-20)21(27)26-18-4-2-3-17(23)14-18/h2-8,10,12-14H,9,11H2,1H3,(H,25,28)(H,26,27). The van der Waals surface area contributed by atoms with Crippen molar-refractivity contribution in [2.75, 3.05) is 19.0 Å². The smallest absolute Gasteiger partial charge is 0.269 e. The molecule has 0 fully saturated rings. The number of aromatic nitrogens is 1. The molecule has 29 heavy (non-hydrogen) atoms. The van der Waals surface area contributed by atoms with E-state index in [1.165, 1.54) is 36.5 Å². The van der Waals surface area contributed by atoms with Crippen molar-refractivity contribution < 1.29 is 18.7 Å². The number of halogens is 1. The summed E-state index contributed by atoms with van der Waals surface area (Å²) in [5.74, 6) is -0.506. The first-order valence-electron chi connectivity index (χ1n) is 8.99. The summed E-state index contributed by atoms with van der Waals surface area (Å²) in [6.07, 6.45) is 2.04. The van der Waals surface area contributed by atoms with Gasteiger partial charge in [-0.15, -0.1) is 0 Å². The molecule has 3 rings (SSSR count). The molecule has 0 aliphatic heterocycles. The minimum Gasteiger partial charge on any atom is -0.497 e. The van der Waals surface area contributed by atoms with Crippen LogP contribution in [0.2, 0.25) is 0 Å². The number of methoxy groups -OCH3 is 1. The molecule has 6 nitrogen and oxygen atoms in total. The van der Waals surface area contributed by atoms with Crippen LogP contribution in [0.5, 0.6) is 5.75 Å². The number of amides is 2. The number of benzene rings is 2. The van der Waals surface area contributed by atoms with E-state index in [9.17, 15) is 14.0 Å². The second-order valence-corrected chi connectivity index (χ2v) is 6.25. The van der Waals surface area contributed by atoms with Crippen molar-refractivity contribution in [2.24, 2.45) is 0 Å². The Balaban J connectivity index is 1.57. The Morgan fingerprint density at radius 2 is 1.83 bits per heavy atom. The molecule has 0 spiro atoms. The second kappa shape index (κ2) is 9.45. The number of anilines is 1. The number of carbonyl (C=O) groups excluding carboxylic acids is 2. The average Bonchev–Trinajstić information content (AvgIpc) is 2.74. The van der Waals surface area contributed by atoms with Gasteiger partial charge >= 0.3 is 0 Å². The molecule has 1 heterocycles. The van der Waals surface area contributed by atoms with E-state index in [4.69, 9.17) is 4.74 Å². The average molecular weight is 393 g/mol. The zero-order valence-corrected chi connectivity index (χ0v) is 15.8. The fourth-order valence-electron chi connectivity index (χ4n) is 2.67. The molecule has 0 bridgehead atoms. The summed E-state index contributed by atoms with van der Waals surface area (Å²) >= 11 is 0. The summed E-state index contributed by atoms with van der Waals surface area (Å²) in [5.41, 5.74) is 1.77. The summed E-state index contributed by atoms with van der Waals surface area (Å²) in [6, 6.07) is 16.1. The predicted molar refractivity (Wildman–Crippen MR) is 108 cm³/mol. The summed E-state index contributed by atoms with van der Waals surface area (Å²) in [5, 5.41) is 5.38. The van der Waals surface area contributed by atoms with Crippen LogP contribution in [0.25, 0.3) is 0 Å². The number of pyridine rings is 1. The maximum Gasteiger partial charge on any atom is 0.269 e. The van der Waals surface area contributed by atoms with Crippen LogP contribution in [-0.4, -0.2) is 30.5 Å². The number of nitrogens with zero attached hydrogens (tertiary/aromatic N) is 1. The maximum absolute atomic E-state index is 13.2. The van der Waals surface area contributed by atoms with Gasteiger partial charge in [0.15, 0.2) is 0 Å². The van der Waals surface area contributed by atoms with Gasteiger partial charge in [-0.05, 0) is 54.4 Å². The Morgan fingerprint density at radius 1 is 1.03 bits per heavy atom. The zero-order chi connectivity index (χ0) is 20.6. The number of ether oxygens (including phenoxy) is 1. The topological polar surface area (TPSA) is 80.3 Å². The third kappa shape index (κ3) is 5.62. The van der Waals surface area contributed by atoms with Gasteiger partial charge < -0.3 is 15.4 Å². The van der Waals surface area contributed by atoms with E-state index in [1.54, 1.807) is 13.2 Å². The molecule has 148 valence electrons. The SMILES string of the molecule is COc1ccc(CCNC(=O)c2cc(C(=O)Nc3cccc(F)c3)ccn2)cc1. The van der Waals surface area contributed by atoms with Crippen molar-refractivity contribution in [3.8, 4) is 5.75 Å². The molecule has 0 saturated heterocycles. The van der Waals surface area contributed by atoms with E-state index in [2.05, 4.69) is 15.6 Å². The highest BCUT2D eigenvalue weighted by Crippen LogP contribution is 2.13. The number of nitrogens with one attached hydrogen (secondary N) is 2. The molecule has 0 aliphatic carbocycles. The molecule has 2 aromatic carbocycles. The fraction of sp³-hybridized carbons (Fsp3) is 0.136.